The first-order chi connectivity index (χ1) is 13.5. The summed E-state index contributed by atoms with van der Waals surface area (Å²) in [5.74, 6) is 0.0320. The van der Waals surface area contributed by atoms with E-state index in [1.807, 2.05) is 18.2 Å². The minimum atomic E-state index is -0.276. The summed E-state index contributed by atoms with van der Waals surface area (Å²) in [6.45, 7) is 0.249. The Kier molecular flexibility index (Phi) is 5.28. The van der Waals surface area contributed by atoms with Gasteiger partial charge >= 0.3 is 6.03 Å². The van der Waals surface area contributed by atoms with E-state index in [0.717, 1.165) is 35.7 Å². The Morgan fingerprint density at radius 3 is 2.68 bits per heavy atom. The first-order valence-corrected chi connectivity index (χ1v) is 10.3. The van der Waals surface area contributed by atoms with Crippen molar-refractivity contribution in [2.75, 3.05) is 11.1 Å². The Balaban J connectivity index is 1.34. The first kappa shape index (κ1) is 18.8. The number of halogens is 1. The summed E-state index contributed by atoms with van der Waals surface area (Å²) >= 11 is 7.05. The van der Waals surface area contributed by atoms with Crippen LogP contribution in [0.1, 0.15) is 29.2 Å². The number of thioether (sulfide) groups is 1. The molecule has 1 aliphatic heterocycles. The van der Waals surface area contributed by atoms with Crippen molar-refractivity contribution in [2.45, 2.75) is 25.4 Å². The number of benzene rings is 2. The molecule has 4 rings (SSSR count). The number of aryl methyl sites for hydroxylation is 1. The SMILES string of the molecule is O=C(Nc1ccc(CN2C(=O)CSC2=O)cc1)NC1CCc2cc(Cl)ccc21. The summed E-state index contributed by atoms with van der Waals surface area (Å²) in [6, 6.07) is 12.6. The number of imide groups is 1. The third kappa shape index (κ3) is 4.00. The van der Waals surface area contributed by atoms with Gasteiger partial charge in [0.25, 0.3) is 5.24 Å². The number of carbonyl (C=O) groups excluding carboxylic acids is 3. The number of carbonyl (C=O) groups is 3. The van der Waals surface area contributed by atoms with E-state index in [4.69, 9.17) is 11.6 Å². The van der Waals surface area contributed by atoms with Crippen molar-refractivity contribution >= 4 is 46.2 Å². The maximum Gasteiger partial charge on any atom is 0.319 e. The monoisotopic (exact) mass is 415 g/mol. The highest BCUT2D eigenvalue weighted by Crippen LogP contribution is 2.32. The predicted molar refractivity (Wildman–Crippen MR) is 110 cm³/mol. The molecular formula is C20H18ClN3O3S. The number of hydrogen-bond donors (Lipinski definition) is 2. The Hall–Kier alpha value is -2.51. The second-order valence-corrected chi connectivity index (χ2v) is 8.13. The molecule has 2 N–H and O–H groups in total. The molecule has 2 aromatic rings. The summed E-state index contributed by atoms with van der Waals surface area (Å²) in [5, 5.41) is 6.31. The fourth-order valence-corrected chi connectivity index (χ4v) is 4.39. The number of anilines is 1. The van der Waals surface area contributed by atoms with Crippen molar-refractivity contribution in [3.05, 3.63) is 64.2 Å². The van der Waals surface area contributed by atoms with Crippen LogP contribution < -0.4 is 10.6 Å². The van der Waals surface area contributed by atoms with Crippen LogP contribution in [0.25, 0.3) is 0 Å². The second kappa shape index (κ2) is 7.85. The van der Waals surface area contributed by atoms with Gasteiger partial charge in [-0.2, -0.15) is 0 Å². The Morgan fingerprint density at radius 1 is 1.18 bits per heavy atom. The number of urea groups is 1. The highest BCUT2D eigenvalue weighted by atomic mass is 35.5. The van der Waals surface area contributed by atoms with Crippen LogP contribution in [0.5, 0.6) is 0 Å². The molecule has 1 atom stereocenters. The van der Waals surface area contributed by atoms with E-state index in [2.05, 4.69) is 10.6 Å². The molecule has 0 aromatic heterocycles. The molecule has 2 aliphatic rings. The second-order valence-electron chi connectivity index (χ2n) is 6.76. The van der Waals surface area contributed by atoms with Gasteiger partial charge in [-0.3, -0.25) is 14.5 Å². The summed E-state index contributed by atoms with van der Waals surface area (Å²) in [4.78, 5) is 36.9. The van der Waals surface area contributed by atoms with Crippen molar-refractivity contribution in [2.24, 2.45) is 0 Å². The molecule has 0 saturated carbocycles. The van der Waals surface area contributed by atoms with E-state index in [1.165, 1.54) is 10.5 Å². The molecule has 28 heavy (non-hydrogen) atoms. The average Bonchev–Trinajstić information content (AvgIpc) is 3.20. The van der Waals surface area contributed by atoms with Crippen molar-refractivity contribution in [1.29, 1.82) is 0 Å². The van der Waals surface area contributed by atoms with Crippen LogP contribution in [0.3, 0.4) is 0 Å². The van der Waals surface area contributed by atoms with E-state index in [1.54, 1.807) is 24.3 Å². The lowest BCUT2D eigenvalue weighted by Gasteiger charge is -2.16. The van der Waals surface area contributed by atoms with Crippen molar-refractivity contribution in [1.82, 2.24) is 10.2 Å². The van der Waals surface area contributed by atoms with Crippen LogP contribution in [0.2, 0.25) is 5.02 Å². The van der Waals surface area contributed by atoms with Crippen molar-refractivity contribution in [3.8, 4) is 0 Å². The van der Waals surface area contributed by atoms with Gasteiger partial charge in [-0.25, -0.2) is 4.79 Å². The maximum atomic E-state index is 12.3. The van der Waals surface area contributed by atoms with Gasteiger partial charge in [-0.05, 0) is 53.8 Å². The highest BCUT2D eigenvalue weighted by molar-refractivity contribution is 8.14. The van der Waals surface area contributed by atoms with Crippen molar-refractivity contribution in [3.63, 3.8) is 0 Å². The van der Waals surface area contributed by atoms with Crippen molar-refractivity contribution < 1.29 is 14.4 Å². The summed E-state index contributed by atoms with van der Waals surface area (Å²) in [5.41, 5.74) is 3.75. The average molecular weight is 416 g/mol. The maximum absolute atomic E-state index is 12.3. The zero-order valence-corrected chi connectivity index (χ0v) is 16.5. The van der Waals surface area contributed by atoms with Crippen LogP contribution in [0, 0.1) is 0 Å². The molecule has 1 unspecified atom stereocenters. The molecule has 4 amide bonds. The van der Waals surface area contributed by atoms with E-state index in [0.29, 0.717) is 10.7 Å². The molecule has 1 heterocycles. The van der Waals surface area contributed by atoms with Crippen LogP contribution in [0.15, 0.2) is 42.5 Å². The Bertz CT molecular complexity index is 932. The molecule has 1 saturated heterocycles. The highest BCUT2D eigenvalue weighted by Gasteiger charge is 2.29. The quantitative estimate of drug-likeness (QED) is 0.778. The van der Waals surface area contributed by atoms with E-state index >= 15 is 0 Å². The topological polar surface area (TPSA) is 78.5 Å². The number of amides is 4. The van der Waals surface area contributed by atoms with Gasteiger partial charge in [-0.1, -0.05) is 41.6 Å². The van der Waals surface area contributed by atoms with Crippen LogP contribution in [-0.4, -0.2) is 27.8 Å². The fraction of sp³-hybridized carbons (Fsp3) is 0.250. The van der Waals surface area contributed by atoms with Crippen LogP contribution in [-0.2, 0) is 17.8 Å². The lowest BCUT2D eigenvalue weighted by Crippen LogP contribution is -2.31. The Morgan fingerprint density at radius 2 is 1.96 bits per heavy atom. The van der Waals surface area contributed by atoms with Gasteiger partial charge in [0, 0.05) is 10.7 Å². The molecular weight excluding hydrogens is 398 g/mol. The molecule has 8 heteroatoms. The van der Waals surface area contributed by atoms with E-state index in [-0.39, 0.29) is 35.5 Å². The fourth-order valence-electron chi connectivity index (χ4n) is 3.47. The van der Waals surface area contributed by atoms with Crippen LogP contribution in [0.4, 0.5) is 15.3 Å². The van der Waals surface area contributed by atoms with Gasteiger partial charge in [0.2, 0.25) is 5.91 Å². The third-order valence-electron chi connectivity index (χ3n) is 4.88. The molecule has 1 aliphatic carbocycles. The Labute approximate surface area is 171 Å². The molecule has 0 radical (unpaired) electrons. The van der Waals surface area contributed by atoms with E-state index in [9.17, 15) is 14.4 Å². The number of rotatable bonds is 4. The van der Waals surface area contributed by atoms with Crippen LogP contribution >= 0.6 is 23.4 Å². The number of hydrogen-bond acceptors (Lipinski definition) is 4. The lowest BCUT2D eigenvalue weighted by atomic mass is 10.1. The standard InChI is InChI=1S/C20H18ClN3O3S/c21-14-4-7-16-13(9-14)3-8-17(16)23-19(26)22-15-5-1-12(2-6-15)10-24-18(25)11-28-20(24)27/h1-2,4-7,9,17H,3,8,10-11H2,(H2,22,23,26). The zero-order chi connectivity index (χ0) is 19.7. The van der Waals surface area contributed by atoms with Gasteiger partial charge in [0.15, 0.2) is 0 Å². The number of fused-ring (bicyclic) bond motifs is 1. The predicted octanol–water partition coefficient (Wildman–Crippen LogP) is 4.34. The summed E-state index contributed by atoms with van der Waals surface area (Å²) in [6.07, 6.45) is 1.74. The summed E-state index contributed by atoms with van der Waals surface area (Å²) < 4.78 is 0. The largest absolute Gasteiger partial charge is 0.331 e. The molecule has 0 spiro atoms. The molecule has 2 aromatic carbocycles. The smallest absolute Gasteiger partial charge is 0.319 e. The first-order valence-electron chi connectivity index (χ1n) is 8.91. The third-order valence-corrected chi connectivity index (χ3v) is 5.97. The van der Waals surface area contributed by atoms with E-state index < -0.39 is 0 Å². The number of nitrogens with one attached hydrogen (secondary N) is 2. The molecule has 0 bridgehead atoms. The lowest BCUT2D eigenvalue weighted by molar-refractivity contribution is -0.125. The molecule has 144 valence electrons. The van der Waals surface area contributed by atoms with Gasteiger partial charge in [-0.15, -0.1) is 0 Å². The minimum Gasteiger partial charge on any atom is -0.331 e. The normalized spacial score (nSPS) is 18.3. The molecule has 6 nitrogen and oxygen atoms in total. The zero-order valence-electron chi connectivity index (χ0n) is 14.9. The van der Waals surface area contributed by atoms with Gasteiger partial charge in [0.1, 0.15) is 0 Å². The summed E-state index contributed by atoms with van der Waals surface area (Å²) in [7, 11) is 0. The van der Waals surface area contributed by atoms with Gasteiger partial charge < -0.3 is 10.6 Å². The van der Waals surface area contributed by atoms with Gasteiger partial charge in [0.05, 0.1) is 18.3 Å². The minimum absolute atomic E-state index is 0.0313. The molecule has 1 fully saturated rings. The number of nitrogens with zero attached hydrogens (tertiary/aromatic N) is 1.